The normalized spacial score (nSPS) is 12.1. The first-order valence-electron chi connectivity index (χ1n) is 5.65. The van der Waals surface area contributed by atoms with Crippen LogP contribution >= 0.6 is 0 Å². The fourth-order valence-corrected chi connectivity index (χ4v) is 1.46. The molecule has 1 atom stereocenters. The van der Waals surface area contributed by atoms with Gasteiger partial charge >= 0.3 is 5.97 Å². The number of amides is 1. The summed E-state index contributed by atoms with van der Waals surface area (Å²) in [5, 5.41) is 15.3. The zero-order valence-electron chi connectivity index (χ0n) is 10.2. The van der Waals surface area contributed by atoms with Crippen LogP contribution in [0.5, 0.6) is 0 Å². The second-order valence-electron chi connectivity index (χ2n) is 3.99. The molecule has 0 aromatic carbocycles. The third-order valence-electron chi connectivity index (χ3n) is 2.62. The van der Waals surface area contributed by atoms with E-state index in [1.165, 1.54) is 30.3 Å². The monoisotopic (exact) mass is 263 g/mol. The number of carbonyl (C=O) groups is 2. The zero-order valence-corrected chi connectivity index (χ0v) is 10.2. The van der Waals surface area contributed by atoms with E-state index in [1.807, 2.05) is 0 Å². The van der Waals surface area contributed by atoms with Crippen LogP contribution < -0.4 is 5.32 Å². The third kappa shape index (κ3) is 3.01. The largest absolute Gasteiger partial charge is 0.480 e. The minimum Gasteiger partial charge on any atom is -0.480 e. The first-order valence-corrected chi connectivity index (χ1v) is 5.65. The number of hydrogen-bond acceptors (Lipinski definition) is 4. The Morgan fingerprint density at radius 2 is 2.37 bits per heavy atom. The summed E-state index contributed by atoms with van der Waals surface area (Å²) in [7, 11) is 0. The van der Waals surface area contributed by atoms with Gasteiger partial charge in [0.2, 0.25) is 0 Å². The average molecular weight is 263 g/mol. The van der Waals surface area contributed by atoms with Gasteiger partial charge in [-0.15, -0.1) is 0 Å². The Hall–Kier alpha value is -2.57. The molecule has 0 fully saturated rings. The molecule has 0 saturated carbocycles. The summed E-state index contributed by atoms with van der Waals surface area (Å²) >= 11 is 0. The molecule has 2 aromatic rings. The number of furan rings is 1. The van der Waals surface area contributed by atoms with Gasteiger partial charge in [0.25, 0.3) is 5.91 Å². The lowest BCUT2D eigenvalue weighted by molar-refractivity contribution is -0.140. The van der Waals surface area contributed by atoms with E-state index in [0.717, 1.165) is 0 Å². The highest BCUT2D eigenvalue weighted by Gasteiger charge is 2.16. The van der Waals surface area contributed by atoms with Gasteiger partial charge < -0.3 is 14.8 Å². The quantitative estimate of drug-likeness (QED) is 0.840. The van der Waals surface area contributed by atoms with E-state index in [9.17, 15) is 9.59 Å². The number of carbonyl (C=O) groups excluding carboxylic acids is 1. The van der Waals surface area contributed by atoms with Crippen molar-refractivity contribution in [1.82, 2.24) is 15.1 Å². The lowest BCUT2D eigenvalue weighted by atomic mass is 10.3. The number of carboxylic acid groups (broad SMARTS) is 1. The molecule has 2 aromatic heterocycles. The Bertz CT molecular complexity index is 574. The first kappa shape index (κ1) is 12.9. The van der Waals surface area contributed by atoms with Crippen LogP contribution in [0.1, 0.15) is 29.1 Å². The van der Waals surface area contributed by atoms with Gasteiger partial charge in [-0.2, -0.15) is 5.10 Å². The van der Waals surface area contributed by atoms with Crippen LogP contribution in [0, 0.1) is 0 Å². The van der Waals surface area contributed by atoms with Gasteiger partial charge in [0, 0.05) is 6.20 Å². The van der Waals surface area contributed by atoms with Crippen LogP contribution in [0.3, 0.4) is 0 Å². The summed E-state index contributed by atoms with van der Waals surface area (Å²) in [5.74, 6) is -0.703. The molecule has 0 aliphatic heterocycles. The van der Waals surface area contributed by atoms with Crippen LogP contribution in [-0.2, 0) is 11.3 Å². The van der Waals surface area contributed by atoms with Crippen molar-refractivity contribution in [3.8, 4) is 0 Å². The lowest BCUT2D eigenvalue weighted by Crippen LogP contribution is -2.22. The van der Waals surface area contributed by atoms with E-state index >= 15 is 0 Å². The Morgan fingerprint density at radius 3 is 3.00 bits per heavy atom. The molecule has 0 bridgehead atoms. The van der Waals surface area contributed by atoms with E-state index in [-0.39, 0.29) is 12.5 Å². The predicted molar refractivity (Wildman–Crippen MR) is 64.5 cm³/mol. The SMILES string of the molecule is CC(C(=O)O)n1cc(C(=O)NCc2ccco2)cn1. The number of rotatable bonds is 5. The predicted octanol–water partition coefficient (Wildman–Crippen LogP) is 1.05. The summed E-state index contributed by atoms with van der Waals surface area (Å²) in [6.45, 7) is 1.76. The van der Waals surface area contributed by atoms with Gasteiger partial charge in [0.1, 0.15) is 11.8 Å². The number of nitrogens with one attached hydrogen (secondary N) is 1. The Labute approximate surface area is 108 Å². The highest BCUT2D eigenvalue weighted by atomic mass is 16.4. The highest BCUT2D eigenvalue weighted by molar-refractivity contribution is 5.93. The second-order valence-corrected chi connectivity index (χ2v) is 3.99. The number of carboxylic acids is 1. The second kappa shape index (κ2) is 5.38. The van der Waals surface area contributed by atoms with Crippen molar-refractivity contribution in [1.29, 1.82) is 0 Å². The molecule has 0 radical (unpaired) electrons. The molecular weight excluding hydrogens is 250 g/mol. The van der Waals surface area contributed by atoms with Crippen molar-refractivity contribution in [3.05, 3.63) is 42.1 Å². The van der Waals surface area contributed by atoms with Gasteiger partial charge in [-0.25, -0.2) is 4.79 Å². The third-order valence-corrected chi connectivity index (χ3v) is 2.62. The topological polar surface area (TPSA) is 97.4 Å². The maximum Gasteiger partial charge on any atom is 0.328 e. The first-order chi connectivity index (χ1) is 9.08. The number of aromatic nitrogens is 2. The molecule has 19 heavy (non-hydrogen) atoms. The summed E-state index contributed by atoms with van der Waals surface area (Å²) in [6.07, 6.45) is 4.25. The summed E-state index contributed by atoms with van der Waals surface area (Å²) < 4.78 is 6.31. The molecule has 1 unspecified atom stereocenters. The number of nitrogens with zero attached hydrogens (tertiary/aromatic N) is 2. The van der Waals surface area contributed by atoms with Crippen LogP contribution in [0.2, 0.25) is 0 Å². The highest BCUT2D eigenvalue weighted by Crippen LogP contribution is 2.07. The van der Waals surface area contributed by atoms with Gasteiger partial charge in [0.15, 0.2) is 0 Å². The summed E-state index contributed by atoms with van der Waals surface area (Å²) in [4.78, 5) is 22.6. The summed E-state index contributed by atoms with van der Waals surface area (Å²) in [6, 6.07) is 2.66. The van der Waals surface area contributed by atoms with Gasteiger partial charge in [0.05, 0.1) is 24.6 Å². The Kier molecular flexibility index (Phi) is 3.65. The van der Waals surface area contributed by atoms with Crippen molar-refractivity contribution < 1.29 is 19.1 Å². The van der Waals surface area contributed by atoms with Gasteiger partial charge in [-0.05, 0) is 19.1 Å². The fraction of sp³-hybridized carbons (Fsp3) is 0.250. The molecular formula is C12H13N3O4. The zero-order chi connectivity index (χ0) is 13.8. The molecule has 0 aliphatic rings. The fourth-order valence-electron chi connectivity index (χ4n) is 1.46. The molecule has 2 N–H and O–H groups in total. The molecule has 2 heterocycles. The van der Waals surface area contributed by atoms with Gasteiger partial charge in [-0.3, -0.25) is 9.48 Å². The van der Waals surface area contributed by atoms with E-state index in [4.69, 9.17) is 9.52 Å². The minimum absolute atomic E-state index is 0.269. The Morgan fingerprint density at radius 1 is 1.58 bits per heavy atom. The minimum atomic E-state index is -1.01. The average Bonchev–Trinajstić information content (AvgIpc) is 3.05. The maximum absolute atomic E-state index is 11.8. The van der Waals surface area contributed by atoms with E-state index < -0.39 is 12.0 Å². The van der Waals surface area contributed by atoms with Gasteiger partial charge in [-0.1, -0.05) is 0 Å². The van der Waals surface area contributed by atoms with Crippen molar-refractivity contribution >= 4 is 11.9 Å². The van der Waals surface area contributed by atoms with Crippen molar-refractivity contribution in [2.75, 3.05) is 0 Å². The number of aliphatic carboxylic acids is 1. The molecule has 2 rings (SSSR count). The van der Waals surface area contributed by atoms with Crippen molar-refractivity contribution in [2.45, 2.75) is 19.5 Å². The maximum atomic E-state index is 11.8. The van der Waals surface area contributed by atoms with E-state index in [0.29, 0.717) is 11.3 Å². The van der Waals surface area contributed by atoms with E-state index in [1.54, 1.807) is 12.1 Å². The lowest BCUT2D eigenvalue weighted by Gasteiger charge is -2.05. The van der Waals surface area contributed by atoms with Crippen LogP contribution in [0.4, 0.5) is 0 Å². The molecule has 100 valence electrons. The molecule has 7 nitrogen and oxygen atoms in total. The summed E-state index contributed by atoms with van der Waals surface area (Å²) in [5.41, 5.74) is 0.305. The molecule has 0 spiro atoms. The molecule has 1 amide bonds. The van der Waals surface area contributed by atoms with E-state index in [2.05, 4.69) is 10.4 Å². The smallest absolute Gasteiger partial charge is 0.328 e. The number of hydrogen-bond donors (Lipinski definition) is 2. The standard InChI is InChI=1S/C12H13N3O4/c1-8(12(17)18)15-7-9(5-14-15)11(16)13-6-10-3-2-4-19-10/h2-5,7-8H,6H2,1H3,(H,13,16)(H,17,18). The Balaban J connectivity index is 1.98. The van der Waals surface area contributed by atoms with Crippen LogP contribution in [0.25, 0.3) is 0 Å². The molecule has 7 heteroatoms. The van der Waals surface area contributed by atoms with Crippen LogP contribution in [0.15, 0.2) is 35.2 Å². The van der Waals surface area contributed by atoms with Crippen LogP contribution in [-0.4, -0.2) is 26.8 Å². The molecule has 0 aliphatic carbocycles. The van der Waals surface area contributed by atoms with Crippen molar-refractivity contribution in [2.24, 2.45) is 0 Å². The molecule has 0 saturated heterocycles. The van der Waals surface area contributed by atoms with Crippen molar-refractivity contribution in [3.63, 3.8) is 0 Å².